The molecule has 1 aromatic heterocycles. The average Bonchev–Trinajstić information content (AvgIpc) is 2.72. The van der Waals surface area contributed by atoms with Crippen molar-refractivity contribution < 1.29 is 19.1 Å². The van der Waals surface area contributed by atoms with Gasteiger partial charge in [-0.05, 0) is 49.4 Å². The van der Waals surface area contributed by atoms with Gasteiger partial charge in [0, 0.05) is 0 Å². The number of esters is 2. The summed E-state index contributed by atoms with van der Waals surface area (Å²) in [6, 6.07) is 18.9. The molecule has 28 heavy (non-hydrogen) atoms. The van der Waals surface area contributed by atoms with E-state index >= 15 is 0 Å². The summed E-state index contributed by atoms with van der Waals surface area (Å²) in [6.07, 6.45) is 0. The van der Waals surface area contributed by atoms with Crippen LogP contribution in [0.15, 0.2) is 66.7 Å². The van der Waals surface area contributed by atoms with Crippen LogP contribution in [0.25, 0.3) is 22.1 Å². The second-order valence-electron chi connectivity index (χ2n) is 6.02. The van der Waals surface area contributed by atoms with Crippen LogP contribution in [0.3, 0.4) is 0 Å². The molecule has 138 valence electrons. The van der Waals surface area contributed by atoms with Crippen molar-refractivity contribution in [3.8, 4) is 5.75 Å². The van der Waals surface area contributed by atoms with Crippen LogP contribution in [0.1, 0.15) is 27.6 Å². The first kappa shape index (κ1) is 17.6. The highest BCUT2D eigenvalue weighted by molar-refractivity contribution is 6.04. The Bertz CT molecular complexity index is 1200. The fourth-order valence-corrected chi connectivity index (χ4v) is 2.87. The minimum absolute atomic E-state index is 0.251. The number of para-hydroxylation sites is 3. The summed E-state index contributed by atoms with van der Waals surface area (Å²) in [7, 11) is 0. The van der Waals surface area contributed by atoms with Gasteiger partial charge in [-0.15, -0.1) is 0 Å². The molecule has 0 aliphatic rings. The molecule has 0 spiro atoms. The lowest BCUT2D eigenvalue weighted by molar-refractivity contribution is 0.0524. The van der Waals surface area contributed by atoms with E-state index in [1.165, 1.54) is 6.07 Å². The maximum absolute atomic E-state index is 12.8. The van der Waals surface area contributed by atoms with Crippen molar-refractivity contribution in [1.82, 2.24) is 9.97 Å². The summed E-state index contributed by atoms with van der Waals surface area (Å²) in [6.45, 7) is 2.00. The molecule has 0 saturated carbocycles. The number of benzene rings is 3. The van der Waals surface area contributed by atoms with Crippen LogP contribution in [0.2, 0.25) is 0 Å². The lowest BCUT2D eigenvalue weighted by Crippen LogP contribution is -2.11. The Labute approximate surface area is 160 Å². The van der Waals surface area contributed by atoms with Crippen molar-refractivity contribution in [2.24, 2.45) is 0 Å². The van der Waals surface area contributed by atoms with Gasteiger partial charge in [-0.25, -0.2) is 19.6 Å². The number of rotatable bonds is 4. The molecule has 0 aliphatic heterocycles. The largest absolute Gasteiger partial charge is 0.462 e. The zero-order valence-corrected chi connectivity index (χ0v) is 15.1. The van der Waals surface area contributed by atoms with Crippen LogP contribution < -0.4 is 4.74 Å². The summed E-state index contributed by atoms with van der Waals surface area (Å²) in [4.78, 5) is 33.8. The average molecular weight is 372 g/mol. The van der Waals surface area contributed by atoms with Gasteiger partial charge in [0.2, 0.25) is 0 Å². The minimum atomic E-state index is -0.573. The number of carbonyl (C=O) groups excluding carboxylic acids is 2. The summed E-state index contributed by atoms with van der Waals surface area (Å²) in [5.41, 5.74) is 3.14. The van der Waals surface area contributed by atoms with E-state index in [1.807, 2.05) is 24.3 Å². The van der Waals surface area contributed by atoms with Crippen molar-refractivity contribution in [2.45, 2.75) is 6.92 Å². The third-order valence-corrected chi connectivity index (χ3v) is 4.15. The van der Waals surface area contributed by atoms with E-state index in [4.69, 9.17) is 9.47 Å². The van der Waals surface area contributed by atoms with Crippen LogP contribution in [-0.4, -0.2) is 28.5 Å². The third kappa shape index (κ3) is 3.40. The molecular formula is C22H16N2O4. The molecule has 1 heterocycles. The lowest BCUT2D eigenvalue weighted by Gasteiger charge is -2.08. The number of nitrogens with zero attached hydrogens (tertiary/aromatic N) is 2. The molecule has 0 atom stereocenters. The molecule has 0 amide bonds. The summed E-state index contributed by atoms with van der Waals surface area (Å²) >= 11 is 0. The molecule has 0 fully saturated rings. The van der Waals surface area contributed by atoms with Crippen LogP contribution in [0, 0.1) is 0 Å². The quantitative estimate of drug-likeness (QED) is 0.304. The van der Waals surface area contributed by atoms with Crippen molar-refractivity contribution in [1.29, 1.82) is 0 Å². The van der Waals surface area contributed by atoms with Gasteiger partial charge in [0.25, 0.3) is 0 Å². The van der Waals surface area contributed by atoms with E-state index in [9.17, 15) is 9.59 Å². The summed E-state index contributed by atoms with van der Waals surface area (Å²) in [5, 5.41) is 0. The third-order valence-electron chi connectivity index (χ3n) is 4.15. The van der Waals surface area contributed by atoms with Crippen molar-refractivity contribution in [2.75, 3.05) is 6.61 Å². The van der Waals surface area contributed by atoms with Gasteiger partial charge >= 0.3 is 11.9 Å². The Hall–Kier alpha value is -3.80. The first-order valence-electron chi connectivity index (χ1n) is 8.80. The van der Waals surface area contributed by atoms with E-state index in [-0.39, 0.29) is 12.4 Å². The number of hydrogen-bond donors (Lipinski definition) is 0. The molecule has 0 bridgehead atoms. The molecule has 4 rings (SSSR count). The number of ether oxygens (including phenoxy) is 2. The Morgan fingerprint density at radius 2 is 1.54 bits per heavy atom. The number of fused-ring (bicyclic) bond motifs is 2. The molecule has 0 N–H and O–H groups in total. The Morgan fingerprint density at radius 1 is 0.821 bits per heavy atom. The van der Waals surface area contributed by atoms with E-state index in [1.54, 1.807) is 43.3 Å². The summed E-state index contributed by atoms with van der Waals surface area (Å²) < 4.78 is 10.4. The van der Waals surface area contributed by atoms with Crippen molar-refractivity contribution in [3.05, 3.63) is 77.9 Å². The fraction of sp³-hybridized carbons (Fsp3) is 0.0909. The SMILES string of the molecule is CCOC(=O)c1cccc(OC(=O)c2cccc3nc4ccccc4nc23)c1. The van der Waals surface area contributed by atoms with Gasteiger partial charge in [-0.1, -0.05) is 24.3 Å². The molecular weight excluding hydrogens is 356 g/mol. The van der Waals surface area contributed by atoms with Gasteiger partial charge in [0.1, 0.15) is 11.3 Å². The second kappa shape index (κ2) is 7.44. The van der Waals surface area contributed by atoms with Crippen LogP contribution in [0.4, 0.5) is 0 Å². The van der Waals surface area contributed by atoms with E-state index in [2.05, 4.69) is 9.97 Å². The zero-order valence-electron chi connectivity index (χ0n) is 15.1. The van der Waals surface area contributed by atoms with Crippen LogP contribution >= 0.6 is 0 Å². The molecule has 3 aromatic carbocycles. The standard InChI is InChI=1S/C22H16N2O4/c1-2-27-21(25)14-7-5-8-15(13-14)28-22(26)16-9-6-12-19-20(16)24-18-11-4-3-10-17(18)23-19/h3-13H,2H2,1H3. The first-order valence-corrected chi connectivity index (χ1v) is 8.80. The molecule has 0 unspecified atom stereocenters. The Morgan fingerprint density at radius 3 is 2.32 bits per heavy atom. The lowest BCUT2D eigenvalue weighted by atomic mass is 10.1. The topological polar surface area (TPSA) is 78.4 Å². The van der Waals surface area contributed by atoms with Gasteiger partial charge in [0.15, 0.2) is 0 Å². The van der Waals surface area contributed by atoms with E-state index < -0.39 is 11.9 Å². The Kier molecular flexibility index (Phi) is 4.68. The predicted molar refractivity (Wildman–Crippen MR) is 104 cm³/mol. The maximum atomic E-state index is 12.8. The monoisotopic (exact) mass is 372 g/mol. The number of carbonyl (C=O) groups is 2. The normalized spacial score (nSPS) is 10.8. The highest BCUT2D eigenvalue weighted by Gasteiger charge is 2.16. The number of aromatic nitrogens is 2. The maximum Gasteiger partial charge on any atom is 0.345 e. The fourth-order valence-electron chi connectivity index (χ4n) is 2.87. The molecule has 0 saturated heterocycles. The van der Waals surface area contributed by atoms with Gasteiger partial charge in [-0.3, -0.25) is 0 Å². The minimum Gasteiger partial charge on any atom is -0.462 e. The molecule has 6 heteroatoms. The second-order valence-corrected chi connectivity index (χ2v) is 6.02. The van der Waals surface area contributed by atoms with E-state index in [0.717, 1.165) is 5.52 Å². The summed E-state index contributed by atoms with van der Waals surface area (Å²) in [5.74, 6) is -0.791. The van der Waals surface area contributed by atoms with Crippen LogP contribution in [-0.2, 0) is 4.74 Å². The zero-order chi connectivity index (χ0) is 19.5. The van der Waals surface area contributed by atoms with E-state index in [0.29, 0.717) is 27.7 Å². The smallest absolute Gasteiger partial charge is 0.345 e. The predicted octanol–water partition coefficient (Wildman–Crippen LogP) is 4.18. The van der Waals surface area contributed by atoms with Gasteiger partial charge in [-0.2, -0.15) is 0 Å². The number of hydrogen-bond acceptors (Lipinski definition) is 6. The highest BCUT2D eigenvalue weighted by Crippen LogP contribution is 2.22. The van der Waals surface area contributed by atoms with Crippen LogP contribution in [0.5, 0.6) is 5.75 Å². The molecule has 0 aliphatic carbocycles. The first-order chi connectivity index (χ1) is 13.7. The van der Waals surface area contributed by atoms with Crippen molar-refractivity contribution in [3.63, 3.8) is 0 Å². The van der Waals surface area contributed by atoms with Crippen molar-refractivity contribution >= 4 is 34.0 Å². The molecule has 4 aromatic rings. The molecule has 0 radical (unpaired) electrons. The molecule has 6 nitrogen and oxygen atoms in total. The highest BCUT2D eigenvalue weighted by atomic mass is 16.5. The van der Waals surface area contributed by atoms with Gasteiger partial charge in [0.05, 0.1) is 34.3 Å². The van der Waals surface area contributed by atoms with Gasteiger partial charge < -0.3 is 9.47 Å². The Balaban J connectivity index is 1.69.